The van der Waals surface area contributed by atoms with E-state index in [-0.39, 0.29) is 5.69 Å². The Balaban J connectivity index is 2.41. The SMILES string of the molecule is CCCCCCc1[nH]c(=O)nc2cc(OC)c(OC)cc12. The predicted molar refractivity (Wildman–Crippen MR) is 83.3 cm³/mol. The predicted octanol–water partition coefficient (Wildman–Crippen LogP) is 3.06. The fourth-order valence-corrected chi connectivity index (χ4v) is 2.46. The second kappa shape index (κ2) is 7.11. The van der Waals surface area contributed by atoms with Gasteiger partial charge in [-0.2, -0.15) is 4.98 Å². The Morgan fingerprint density at radius 1 is 1.10 bits per heavy atom. The molecule has 0 saturated carbocycles. The summed E-state index contributed by atoms with van der Waals surface area (Å²) in [5, 5.41) is 0.920. The number of aryl methyl sites for hydroxylation is 1. The van der Waals surface area contributed by atoms with Crippen LogP contribution in [-0.4, -0.2) is 24.2 Å². The third-order valence-electron chi connectivity index (χ3n) is 3.59. The van der Waals surface area contributed by atoms with E-state index in [0.717, 1.165) is 30.3 Å². The van der Waals surface area contributed by atoms with Crippen LogP contribution in [0.5, 0.6) is 11.5 Å². The van der Waals surface area contributed by atoms with Crippen molar-refractivity contribution < 1.29 is 9.47 Å². The van der Waals surface area contributed by atoms with Crippen LogP contribution in [0.25, 0.3) is 10.9 Å². The van der Waals surface area contributed by atoms with Crippen molar-refractivity contribution in [3.8, 4) is 11.5 Å². The van der Waals surface area contributed by atoms with Gasteiger partial charge in [0.1, 0.15) is 0 Å². The average molecular weight is 290 g/mol. The highest BCUT2D eigenvalue weighted by molar-refractivity contribution is 5.84. The molecule has 2 aromatic rings. The number of H-pyrrole nitrogens is 1. The zero-order valence-corrected chi connectivity index (χ0v) is 12.9. The molecule has 5 heteroatoms. The van der Waals surface area contributed by atoms with Crippen molar-refractivity contribution in [2.75, 3.05) is 14.2 Å². The number of benzene rings is 1. The molecule has 1 N–H and O–H groups in total. The summed E-state index contributed by atoms with van der Waals surface area (Å²) in [6, 6.07) is 3.63. The van der Waals surface area contributed by atoms with Crippen molar-refractivity contribution in [1.82, 2.24) is 9.97 Å². The van der Waals surface area contributed by atoms with E-state index in [9.17, 15) is 4.79 Å². The summed E-state index contributed by atoms with van der Waals surface area (Å²) >= 11 is 0. The maximum Gasteiger partial charge on any atom is 0.345 e. The van der Waals surface area contributed by atoms with Gasteiger partial charge in [0, 0.05) is 17.1 Å². The molecule has 0 spiro atoms. The van der Waals surface area contributed by atoms with Crippen LogP contribution in [0, 0.1) is 0 Å². The zero-order valence-electron chi connectivity index (χ0n) is 12.9. The first-order valence-electron chi connectivity index (χ1n) is 7.34. The molecular formula is C16H22N2O3. The molecule has 2 rings (SSSR count). The van der Waals surface area contributed by atoms with Gasteiger partial charge in [-0.05, 0) is 18.9 Å². The maximum absolute atomic E-state index is 11.7. The van der Waals surface area contributed by atoms with E-state index in [1.807, 2.05) is 6.07 Å². The highest BCUT2D eigenvalue weighted by Gasteiger charge is 2.11. The van der Waals surface area contributed by atoms with Crippen LogP contribution < -0.4 is 15.2 Å². The Hall–Kier alpha value is -2.04. The van der Waals surface area contributed by atoms with Crippen LogP contribution >= 0.6 is 0 Å². The number of unbranched alkanes of at least 4 members (excludes halogenated alkanes) is 3. The van der Waals surface area contributed by atoms with E-state index in [1.165, 1.54) is 12.8 Å². The first-order chi connectivity index (χ1) is 10.2. The zero-order chi connectivity index (χ0) is 15.2. The molecule has 1 aromatic carbocycles. The van der Waals surface area contributed by atoms with Gasteiger partial charge in [0.15, 0.2) is 11.5 Å². The lowest BCUT2D eigenvalue weighted by Crippen LogP contribution is -2.13. The number of nitrogens with zero attached hydrogens (tertiary/aromatic N) is 1. The smallest absolute Gasteiger partial charge is 0.345 e. The molecule has 0 bridgehead atoms. The number of nitrogens with one attached hydrogen (secondary N) is 1. The van der Waals surface area contributed by atoms with E-state index < -0.39 is 0 Å². The first kappa shape index (κ1) is 15.4. The Bertz CT molecular complexity index is 664. The summed E-state index contributed by atoms with van der Waals surface area (Å²) in [5.74, 6) is 1.23. The quantitative estimate of drug-likeness (QED) is 0.796. The van der Waals surface area contributed by atoms with E-state index in [0.29, 0.717) is 17.0 Å². The van der Waals surface area contributed by atoms with Crippen molar-refractivity contribution in [3.05, 3.63) is 28.3 Å². The van der Waals surface area contributed by atoms with Gasteiger partial charge in [-0.1, -0.05) is 26.2 Å². The van der Waals surface area contributed by atoms with Gasteiger partial charge in [0.05, 0.1) is 19.7 Å². The lowest BCUT2D eigenvalue weighted by Gasteiger charge is -2.11. The topological polar surface area (TPSA) is 64.2 Å². The summed E-state index contributed by atoms with van der Waals surface area (Å²) in [4.78, 5) is 18.6. The number of hydrogen-bond acceptors (Lipinski definition) is 4. The van der Waals surface area contributed by atoms with Gasteiger partial charge in [-0.15, -0.1) is 0 Å². The summed E-state index contributed by atoms with van der Waals surface area (Å²) < 4.78 is 10.6. The monoisotopic (exact) mass is 290 g/mol. The van der Waals surface area contributed by atoms with Gasteiger partial charge >= 0.3 is 5.69 Å². The number of methoxy groups -OCH3 is 2. The Kier molecular flexibility index (Phi) is 5.20. The van der Waals surface area contributed by atoms with Crippen LogP contribution in [0.15, 0.2) is 16.9 Å². The van der Waals surface area contributed by atoms with Gasteiger partial charge < -0.3 is 14.5 Å². The standard InChI is InChI=1S/C16H22N2O3/c1-4-5-6-7-8-12-11-9-14(20-2)15(21-3)10-13(11)18-16(19)17-12/h9-10H,4-8H2,1-3H3,(H,17,18,19). The van der Waals surface area contributed by atoms with E-state index >= 15 is 0 Å². The van der Waals surface area contributed by atoms with E-state index in [2.05, 4.69) is 16.9 Å². The molecule has 0 saturated heterocycles. The fraction of sp³-hybridized carbons (Fsp3) is 0.500. The molecule has 5 nitrogen and oxygen atoms in total. The van der Waals surface area contributed by atoms with Crippen molar-refractivity contribution >= 4 is 10.9 Å². The van der Waals surface area contributed by atoms with Gasteiger partial charge in [-0.25, -0.2) is 4.79 Å². The number of aromatic nitrogens is 2. The molecule has 1 heterocycles. The third-order valence-corrected chi connectivity index (χ3v) is 3.59. The fourth-order valence-electron chi connectivity index (χ4n) is 2.46. The molecule has 0 aliphatic rings. The molecule has 0 aliphatic carbocycles. The minimum absolute atomic E-state index is 0.319. The van der Waals surface area contributed by atoms with Crippen molar-refractivity contribution in [2.24, 2.45) is 0 Å². The van der Waals surface area contributed by atoms with Crippen LogP contribution in [0.1, 0.15) is 38.3 Å². The number of hydrogen-bond donors (Lipinski definition) is 1. The largest absolute Gasteiger partial charge is 0.493 e. The Labute approximate surface area is 124 Å². The molecule has 0 fully saturated rings. The van der Waals surface area contributed by atoms with Gasteiger partial charge in [0.25, 0.3) is 0 Å². The maximum atomic E-state index is 11.7. The third kappa shape index (κ3) is 3.54. The molecule has 1 aromatic heterocycles. The lowest BCUT2D eigenvalue weighted by atomic mass is 10.1. The minimum Gasteiger partial charge on any atom is -0.493 e. The molecule has 114 valence electrons. The second-order valence-electron chi connectivity index (χ2n) is 5.06. The van der Waals surface area contributed by atoms with E-state index in [1.54, 1.807) is 20.3 Å². The minimum atomic E-state index is -0.319. The molecule has 0 aliphatic heterocycles. The van der Waals surface area contributed by atoms with Crippen LogP contribution in [0.2, 0.25) is 0 Å². The van der Waals surface area contributed by atoms with Crippen LogP contribution in [-0.2, 0) is 6.42 Å². The van der Waals surface area contributed by atoms with Gasteiger partial charge in [0.2, 0.25) is 0 Å². The Morgan fingerprint density at radius 3 is 2.48 bits per heavy atom. The van der Waals surface area contributed by atoms with Gasteiger partial charge in [-0.3, -0.25) is 0 Å². The van der Waals surface area contributed by atoms with Crippen LogP contribution in [0.4, 0.5) is 0 Å². The summed E-state index contributed by atoms with van der Waals surface area (Å²) in [5.41, 5.74) is 1.24. The van der Waals surface area contributed by atoms with Crippen molar-refractivity contribution in [2.45, 2.75) is 39.0 Å². The molecular weight excluding hydrogens is 268 g/mol. The summed E-state index contributed by atoms with van der Waals surface area (Å²) in [6.07, 6.45) is 5.46. The molecule has 0 atom stereocenters. The van der Waals surface area contributed by atoms with Crippen molar-refractivity contribution in [1.29, 1.82) is 0 Å². The van der Waals surface area contributed by atoms with Crippen LogP contribution in [0.3, 0.4) is 0 Å². The lowest BCUT2D eigenvalue weighted by molar-refractivity contribution is 0.355. The Morgan fingerprint density at radius 2 is 1.81 bits per heavy atom. The number of ether oxygens (including phenoxy) is 2. The normalized spacial score (nSPS) is 10.8. The summed E-state index contributed by atoms with van der Waals surface area (Å²) in [7, 11) is 3.17. The second-order valence-corrected chi connectivity index (χ2v) is 5.06. The molecule has 0 radical (unpaired) electrons. The number of fused-ring (bicyclic) bond motifs is 1. The van der Waals surface area contributed by atoms with E-state index in [4.69, 9.17) is 9.47 Å². The van der Waals surface area contributed by atoms with Crippen molar-refractivity contribution in [3.63, 3.8) is 0 Å². The molecule has 0 amide bonds. The molecule has 0 unspecified atom stereocenters. The molecule has 21 heavy (non-hydrogen) atoms. The average Bonchev–Trinajstić information content (AvgIpc) is 2.49. The highest BCUT2D eigenvalue weighted by atomic mass is 16.5. The highest BCUT2D eigenvalue weighted by Crippen LogP contribution is 2.32. The number of aromatic amines is 1. The summed E-state index contributed by atoms with van der Waals surface area (Å²) in [6.45, 7) is 2.18. The number of rotatable bonds is 7. The first-order valence-corrected chi connectivity index (χ1v) is 7.34.